The van der Waals surface area contributed by atoms with Crippen molar-refractivity contribution in [3.63, 3.8) is 0 Å². The van der Waals surface area contributed by atoms with Gasteiger partial charge in [0.25, 0.3) is 0 Å². The Balaban J connectivity index is 3.33. The second-order valence-electron chi connectivity index (χ2n) is 2.29. The molecular formula is C9H5ClF2O. The molecule has 0 spiro atoms. The molecule has 1 aromatic rings. The molecule has 4 heteroatoms. The topological polar surface area (TPSA) is 17.1 Å². The van der Waals surface area contributed by atoms with Crippen LogP contribution in [0.4, 0.5) is 8.78 Å². The molecule has 0 atom stereocenters. The molecule has 0 aliphatic rings. The summed E-state index contributed by atoms with van der Waals surface area (Å²) in [5.74, 6) is -2.56. The van der Waals surface area contributed by atoms with Gasteiger partial charge in [-0.2, -0.15) is 0 Å². The lowest BCUT2D eigenvalue weighted by Crippen LogP contribution is -1.99. The number of carbonyl (C=O) groups is 1. The van der Waals surface area contributed by atoms with Crippen LogP contribution < -0.4 is 0 Å². The Hall–Kier alpha value is -1.22. The van der Waals surface area contributed by atoms with Crippen LogP contribution in [0.5, 0.6) is 0 Å². The van der Waals surface area contributed by atoms with Crippen LogP contribution in [0.25, 0.3) is 0 Å². The first-order chi connectivity index (χ1) is 6.07. The molecule has 0 radical (unpaired) electrons. The molecule has 0 saturated carbocycles. The van der Waals surface area contributed by atoms with Crippen LogP contribution in [0, 0.1) is 11.6 Å². The van der Waals surface area contributed by atoms with Crippen molar-refractivity contribution in [1.29, 1.82) is 0 Å². The lowest BCUT2D eigenvalue weighted by Gasteiger charge is -2.00. The van der Waals surface area contributed by atoms with Crippen molar-refractivity contribution in [1.82, 2.24) is 0 Å². The first-order valence-electron chi connectivity index (χ1n) is 3.38. The van der Waals surface area contributed by atoms with E-state index in [4.69, 9.17) is 11.6 Å². The zero-order chi connectivity index (χ0) is 10.0. The normalized spacial score (nSPS) is 9.77. The lowest BCUT2D eigenvalue weighted by molar-refractivity contribution is 0.104. The van der Waals surface area contributed by atoms with E-state index in [1.54, 1.807) is 0 Å². The third-order valence-corrected chi connectivity index (χ3v) is 1.83. The van der Waals surface area contributed by atoms with Gasteiger partial charge in [0, 0.05) is 0 Å². The number of carbonyl (C=O) groups excluding carboxylic acids is 1. The van der Waals surface area contributed by atoms with Gasteiger partial charge in [-0.15, -0.1) is 0 Å². The Morgan fingerprint density at radius 1 is 1.46 bits per heavy atom. The zero-order valence-corrected chi connectivity index (χ0v) is 7.24. The summed E-state index contributed by atoms with van der Waals surface area (Å²) in [6, 6.07) is 1.96. The van der Waals surface area contributed by atoms with Crippen molar-refractivity contribution in [3.05, 3.63) is 47.0 Å². The number of hydrogen-bond acceptors (Lipinski definition) is 1. The van der Waals surface area contributed by atoms with E-state index in [0.717, 1.165) is 18.2 Å². The average Bonchev–Trinajstić information content (AvgIpc) is 2.13. The molecule has 1 nitrogen and oxygen atoms in total. The second kappa shape index (κ2) is 3.66. The van der Waals surface area contributed by atoms with E-state index in [-0.39, 0.29) is 5.56 Å². The van der Waals surface area contributed by atoms with E-state index in [9.17, 15) is 13.6 Å². The predicted octanol–water partition coefficient (Wildman–Crippen LogP) is 2.99. The number of rotatable bonds is 2. The van der Waals surface area contributed by atoms with Gasteiger partial charge in [-0.25, -0.2) is 8.78 Å². The van der Waals surface area contributed by atoms with Crippen molar-refractivity contribution < 1.29 is 13.6 Å². The molecular weight excluding hydrogens is 198 g/mol. The lowest BCUT2D eigenvalue weighted by atomic mass is 10.1. The highest BCUT2D eigenvalue weighted by atomic mass is 35.5. The average molecular weight is 203 g/mol. The summed E-state index contributed by atoms with van der Waals surface area (Å²) in [6.07, 6.45) is 0.937. The summed E-state index contributed by atoms with van der Waals surface area (Å²) in [5.41, 5.74) is -0.276. The quantitative estimate of drug-likeness (QED) is 0.409. The molecule has 0 N–H and O–H groups in total. The predicted molar refractivity (Wildman–Crippen MR) is 45.9 cm³/mol. The first kappa shape index (κ1) is 9.86. The van der Waals surface area contributed by atoms with Crippen molar-refractivity contribution in [2.24, 2.45) is 0 Å². The standard InChI is InChI=1S/C9H5ClF2O/c1-2-7(13)5-3-4-6(11)8(10)9(5)12/h2-4H,1H2. The minimum atomic E-state index is -1.05. The van der Waals surface area contributed by atoms with Gasteiger partial charge in [0.2, 0.25) is 0 Å². The largest absolute Gasteiger partial charge is 0.289 e. The number of allylic oxidation sites excluding steroid dienone is 1. The molecule has 13 heavy (non-hydrogen) atoms. The minimum absolute atomic E-state index is 0.276. The molecule has 1 aromatic carbocycles. The molecule has 1 rings (SSSR count). The maximum atomic E-state index is 13.1. The fourth-order valence-corrected chi connectivity index (χ4v) is 0.991. The van der Waals surface area contributed by atoms with Crippen LogP contribution >= 0.6 is 11.6 Å². The molecule has 0 aliphatic carbocycles. The van der Waals surface area contributed by atoms with Gasteiger partial charge in [-0.3, -0.25) is 4.79 Å². The number of hydrogen-bond donors (Lipinski definition) is 0. The molecule has 0 aromatic heterocycles. The molecule has 0 fully saturated rings. The third kappa shape index (κ3) is 1.75. The Kier molecular flexibility index (Phi) is 2.78. The zero-order valence-electron chi connectivity index (χ0n) is 6.48. The van der Waals surface area contributed by atoms with E-state index in [2.05, 4.69) is 6.58 Å². The molecule has 0 saturated heterocycles. The summed E-state index contributed by atoms with van der Waals surface area (Å²) in [5, 5.41) is -0.673. The molecule has 0 amide bonds. The smallest absolute Gasteiger partial charge is 0.188 e. The van der Waals surface area contributed by atoms with Gasteiger partial charge in [0.15, 0.2) is 11.6 Å². The van der Waals surface area contributed by atoms with Gasteiger partial charge in [0.05, 0.1) is 5.56 Å². The molecule has 0 aliphatic heterocycles. The van der Waals surface area contributed by atoms with Gasteiger partial charge in [-0.05, 0) is 18.2 Å². The van der Waals surface area contributed by atoms with Crippen LogP contribution in [0.2, 0.25) is 5.02 Å². The van der Waals surface area contributed by atoms with Crippen LogP contribution in [-0.4, -0.2) is 5.78 Å². The van der Waals surface area contributed by atoms with Gasteiger partial charge in [-0.1, -0.05) is 18.2 Å². The summed E-state index contributed by atoms with van der Waals surface area (Å²) in [6.45, 7) is 3.18. The monoisotopic (exact) mass is 202 g/mol. The van der Waals surface area contributed by atoms with Gasteiger partial charge >= 0.3 is 0 Å². The highest BCUT2D eigenvalue weighted by Gasteiger charge is 2.14. The molecule has 0 unspecified atom stereocenters. The van der Waals surface area contributed by atoms with Crippen LogP contribution in [0.3, 0.4) is 0 Å². The van der Waals surface area contributed by atoms with Crippen molar-refractivity contribution in [3.8, 4) is 0 Å². The van der Waals surface area contributed by atoms with Crippen molar-refractivity contribution in [2.45, 2.75) is 0 Å². The Morgan fingerprint density at radius 2 is 2.08 bits per heavy atom. The summed E-state index contributed by atoms with van der Waals surface area (Å²) < 4.78 is 25.7. The van der Waals surface area contributed by atoms with E-state index < -0.39 is 22.4 Å². The highest BCUT2D eigenvalue weighted by molar-refractivity contribution is 6.31. The van der Waals surface area contributed by atoms with Crippen LogP contribution in [0.15, 0.2) is 24.8 Å². The highest BCUT2D eigenvalue weighted by Crippen LogP contribution is 2.22. The maximum Gasteiger partial charge on any atom is 0.188 e. The minimum Gasteiger partial charge on any atom is -0.289 e. The SMILES string of the molecule is C=CC(=O)c1ccc(F)c(Cl)c1F. The molecule has 0 bridgehead atoms. The summed E-state index contributed by atoms with van der Waals surface area (Å²) >= 11 is 5.25. The maximum absolute atomic E-state index is 13.1. The van der Waals surface area contributed by atoms with Crippen molar-refractivity contribution in [2.75, 3.05) is 0 Å². The fourth-order valence-electron chi connectivity index (χ4n) is 0.826. The van der Waals surface area contributed by atoms with E-state index in [1.807, 2.05) is 0 Å². The van der Waals surface area contributed by atoms with Gasteiger partial charge < -0.3 is 0 Å². The molecule has 68 valence electrons. The van der Waals surface area contributed by atoms with Crippen LogP contribution in [-0.2, 0) is 0 Å². The van der Waals surface area contributed by atoms with E-state index >= 15 is 0 Å². The van der Waals surface area contributed by atoms with Gasteiger partial charge in [0.1, 0.15) is 10.8 Å². The molecule has 0 heterocycles. The van der Waals surface area contributed by atoms with E-state index in [0.29, 0.717) is 0 Å². The van der Waals surface area contributed by atoms with Crippen LogP contribution in [0.1, 0.15) is 10.4 Å². The fraction of sp³-hybridized carbons (Fsp3) is 0. The summed E-state index contributed by atoms with van der Waals surface area (Å²) in [7, 11) is 0. The number of ketones is 1. The summed E-state index contributed by atoms with van der Waals surface area (Å²) in [4.78, 5) is 11.0. The Labute approximate surface area is 78.6 Å². The second-order valence-corrected chi connectivity index (χ2v) is 2.67. The number of halogens is 3. The Bertz CT molecular complexity index is 374. The van der Waals surface area contributed by atoms with E-state index in [1.165, 1.54) is 0 Å². The number of benzene rings is 1. The first-order valence-corrected chi connectivity index (χ1v) is 3.76. The third-order valence-electron chi connectivity index (χ3n) is 1.49. The van der Waals surface area contributed by atoms with Crippen molar-refractivity contribution >= 4 is 17.4 Å². The Morgan fingerprint density at radius 3 is 2.62 bits per heavy atom.